The van der Waals surface area contributed by atoms with Crippen molar-refractivity contribution >= 4 is 33.5 Å². The molecule has 0 unspecified atom stereocenters. The number of carbonyl (C=O) groups excluding carboxylic acids is 1. The fraction of sp³-hybridized carbons (Fsp3) is 0.517. The maximum Gasteiger partial charge on any atom is 0.453 e. The minimum absolute atomic E-state index is 0.0764. The first kappa shape index (κ1) is 27.4. The van der Waals surface area contributed by atoms with E-state index < -0.39 is 12.0 Å². The lowest BCUT2D eigenvalue weighted by molar-refractivity contribution is -0.144. The standard InChI is InChI=1S/C29H32F3N5OS2/c1-16-22(40-26-34-25(29(30,31)32)35-37(16)26)24(38)36-12-8-17(9-13-36)23-33-21(15-39-23)18-6-7-19-20(14-18)28(4,5)11-10-27(19,2)3/h6-7,14-15,17H,8-13H2,1-5H3. The average molecular weight is 588 g/mol. The van der Waals surface area contributed by atoms with Crippen LogP contribution >= 0.6 is 22.7 Å². The Kier molecular flexibility index (Phi) is 6.42. The number of thiazole rings is 2. The monoisotopic (exact) mass is 587 g/mol. The summed E-state index contributed by atoms with van der Waals surface area (Å²) in [5.41, 5.74) is 5.71. The van der Waals surface area contributed by atoms with E-state index in [1.165, 1.54) is 24.0 Å². The van der Waals surface area contributed by atoms with Crippen LogP contribution in [0.15, 0.2) is 23.6 Å². The minimum Gasteiger partial charge on any atom is -0.338 e. The number of hydrogen-bond donors (Lipinski definition) is 0. The van der Waals surface area contributed by atoms with Crippen LogP contribution in [-0.4, -0.2) is 43.5 Å². The van der Waals surface area contributed by atoms with Gasteiger partial charge in [-0.15, -0.1) is 16.4 Å². The van der Waals surface area contributed by atoms with Crippen molar-refractivity contribution in [3.05, 3.63) is 56.1 Å². The number of carbonyl (C=O) groups is 1. The van der Waals surface area contributed by atoms with Gasteiger partial charge in [0.2, 0.25) is 4.96 Å². The molecule has 1 saturated heterocycles. The minimum atomic E-state index is -4.62. The summed E-state index contributed by atoms with van der Waals surface area (Å²) >= 11 is 2.64. The van der Waals surface area contributed by atoms with Gasteiger partial charge < -0.3 is 4.90 Å². The second kappa shape index (κ2) is 9.37. The van der Waals surface area contributed by atoms with E-state index in [0.29, 0.717) is 23.7 Å². The average Bonchev–Trinajstić information content (AvgIpc) is 3.63. The molecule has 6 rings (SSSR count). The third kappa shape index (κ3) is 4.64. The second-order valence-corrected chi connectivity index (χ2v) is 14.2. The second-order valence-electron chi connectivity index (χ2n) is 12.3. The van der Waals surface area contributed by atoms with Gasteiger partial charge in [-0.3, -0.25) is 4.79 Å². The van der Waals surface area contributed by atoms with Crippen molar-refractivity contribution in [2.24, 2.45) is 0 Å². The van der Waals surface area contributed by atoms with E-state index in [1.54, 1.807) is 23.2 Å². The molecule has 1 fully saturated rings. The van der Waals surface area contributed by atoms with E-state index in [4.69, 9.17) is 4.98 Å². The lowest BCUT2D eigenvalue weighted by Crippen LogP contribution is -2.37. The van der Waals surface area contributed by atoms with Crippen LogP contribution in [0.2, 0.25) is 0 Å². The number of benzene rings is 1. The van der Waals surface area contributed by atoms with Gasteiger partial charge in [0.15, 0.2) is 0 Å². The molecule has 1 aliphatic heterocycles. The summed E-state index contributed by atoms with van der Waals surface area (Å²) in [5, 5.41) is 6.80. The van der Waals surface area contributed by atoms with Crippen molar-refractivity contribution in [1.82, 2.24) is 24.5 Å². The van der Waals surface area contributed by atoms with E-state index in [1.807, 2.05) is 0 Å². The smallest absolute Gasteiger partial charge is 0.338 e. The van der Waals surface area contributed by atoms with Gasteiger partial charge in [-0.05, 0) is 60.6 Å². The molecule has 0 radical (unpaired) electrons. The highest BCUT2D eigenvalue weighted by Gasteiger charge is 2.39. The first-order valence-corrected chi connectivity index (χ1v) is 15.3. The molecule has 0 atom stereocenters. The molecular formula is C29H32F3N5OS2. The molecule has 3 aromatic heterocycles. The van der Waals surface area contributed by atoms with Gasteiger partial charge in [-0.2, -0.15) is 18.2 Å². The van der Waals surface area contributed by atoms with Crippen LogP contribution in [0, 0.1) is 6.92 Å². The molecule has 1 aromatic carbocycles. The maximum atomic E-state index is 13.3. The summed E-state index contributed by atoms with van der Waals surface area (Å²) in [5.74, 6) is -1.10. The number of aromatic nitrogens is 4. The molecule has 0 spiro atoms. The Labute approximate surface area is 239 Å². The molecule has 11 heteroatoms. The van der Waals surface area contributed by atoms with Gasteiger partial charge in [0, 0.05) is 30.0 Å². The van der Waals surface area contributed by atoms with Crippen LogP contribution in [0.25, 0.3) is 16.2 Å². The van der Waals surface area contributed by atoms with E-state index in [2.05, 4.69) is 61.4 Å². The highest BCUT2D eigenvalue weighted by atomic mass is 32.1. The first-order valence-electron chi connectivity index (χ1n) is 13.6. The molecule has 6 nitrogen and oxygen atoms in total. The Morgan fingerprint density at radius 3 is 2.35 bits per heavy atom. The summed E-state index contributed by atoms with van der Waals surface area (Å²) < 4.78 is 40.0. The normalized spacial score (nSPS) is 19.2. The predicted molar refractivity (Wildman–Crippen MR) is 151 cm³/mol. The zero-order chi connectivity index (χ0) is 28.6. The number of rotatable bonds is 3. The van der Waals surface area contributed by atoms with Gasteiger partial charge in [-0.1, -0.05) is 51.2 Å². The van der Waals surface area contributed by atoms with Gasteiger partial charge in [0.25, 0.3) is 11.7 Å². The Morgan fingerprint density at radius 1 is 1.02 bits per heavy atom. The van der Waals surface area contributed by atoms with E-state index in [0.717, 1.165) is 45.0 Å². The molecule has 2 aliphatic rings. The fourth-order valence-electron chi connectivity index (χ4n) is 5.99. The lowest BCUT2D eigenvalue weighted by atomic mass is 9.63. The van der Waals surface area contributed by atoms with Gasteiger partial charge in [-0.25, -0.2) is 9.50 Å². The van der Waals surface area contributed by atoms with E-state index in [9.17, 15) is 18.0 Å². The molecule has 1 aliphatic carbocycles. The Balaban J connectivity index is 1.15. The number of alkyl halides is 3. The summed E-state index contributed by atoms with van der Waals surface area (Å²) in [7, 11) is 0. The third-order valence-corrected chi connectivity index (χ3v) is 10.8. The van der Waals surface area contributed by atoms with Gasteiger partial charge in [0.1, 0.15) is 4.88 Å². The largest absolute Gasteiger partial charge is 0.453 e. The van der Waals surface area contributed by atoms with Crippen LogP contribution in [0.4, 0.5) is 13.2 Å². The highest BCUT2D eigenvalue weighted by molar-refractivity contribution is 7.19. The molecule has 0 N–H and O–H groups in total. The maximum absolute atomic E-state index is 13.3. The van der Waals surface area contributed by atoms with Crippen LogP contribution in [0.1, 0.15) is 96.6 Å². The lowest BCUT2D eigenvalue weighted by Gasteiger charge is -2.42. The van der Waals surface area contributed by atoms with Crippen molar-refractivity contribution in [2.75, 3.05) is 13.1 Å². The van der Waals surface area contributed by atoms with Crippen molar-refractivity contribution in [3.8, 4) is 11.3 Å². The number of nitrogens with zero attached hydrogens (tertiary/aromatic N) is 5. The summed E-state index contributed by atoms with van der Waals surface area (Å²) in [4.78, 5) is 24.1. The van der Waals surface area contributed by atoms with Crippen molar-refractivity contribution in [2.45, 2.75) is 83.2 Å². The SMILES string of the molecule is Cc1c(C(=O)N2CCC(c3nc(-c4ccc5c(c4)C(C)(C)CCC5(C)C)cs3)CC2)sc2nc(C(F)(F)F)nn12. The van der Waals surface area contributed by atoms with E-state index >= 15 is 0 Å². The molecular weight excluding hydrogens is 555 g/mol. The van der Waals surface area contributed by atoms with Crippen LogP contribution in [-0.2, 0) is 17.0 Å². The van der Waals surface area contributed by atoms with Gasteiger partial charge in [0.05, 0.1) is 16.4 Å². The number of aryl methyl sites for hydroxylation is 1. The van der Waals surface area contributed by atoms with E-state index in [-0.39, 0.29) is 27.6 Å². The van der Waals surface area contributed by atoms with Crippen molar-refractivity contribution in [3.63, 3.8) is 0 Å². The number of amides is 1. The Morgan fingerprint density at radius 2 is 1.70 bits per heavy atom. The van der Waals surface area contributed by atoms with Gasteiger partial charge >= 0.3 is 6.18 Å². The molecule has 1 amide bonds. The topological polar surface area (TPSA) is 63.4 Å². The first-order chi connectivity index (χ1) is 18.7. The van der Waals surface area contributed by atoms with Crippen molar-refractivity contribution in [1.29, 1.82) is 0 Å². The quantitative estimate of drug-likeness (QED) is 0.248. The van der Waals surface area contributed by atoms with Crippen LogP contribution < -0.4 is 0 Å². The number of fused-ring (bicyclic) bond motifs is 2. The van der Waals surface area contributed by atoms with Crippen LogP contribution in [0.5, 0.6) is 0 Å². The zero-order valence-electron chi connectivity index (χ0n) is 23.2. The number of hydrogen-bond acceptors (Lipinski definition) is 6. The summed E-state index contributed by atoms with van der Waals surface area (Å²) in [6.07, 6.45) is -0.680. The van der Waals surface area contributed by atoms with Crippen molar-refractivity contribution < 1.29 is 18.0 Å². The summed E-state index contributed by atoms with van der Waals surface area (Å²) in [6.45, 7) is 12.1. The zero-order valence-corrected chi connectivity index (χ0v) is 24.9. The summed E-state index contributed by atoms with van der Waals surface area (Å²) in [6, 6.07) is 6.83. The fourth-order valence-corrected chi connectivity index (χ4v) is 8.02. The predicted octanol–water partition coefficient (Wildman–Crippen LogP) is 7.61. The van der Waals surface area contributed by atoms with Crippen LogP contribution in [0.3, 0.4) is 0 Å². The molecule has 0 bridgehead atoms. The molecule has 212 valence electrons. The molecule has 40 heavy (non-hydrogen) atoms. The Hall–Kier alpha value is -2.79. The number of piperidine rings is 1. The number of likely N-dealkylation sites (tertiary alicyclic amines) is 1. The molecule has 4 aromatic rings. The molecule has 4 heterocycles. The highest BCUT2D eigenvalue weighted by Crippen LogP contribution is 2.47. The number of halogens is 3. The third-order valence-electron chi connectivity index (χ3n) is 8.67. The Bertz CT molecular complexity index is 1610. The molecule has 0 saturated carbocycles.